The predicted octanol–water partition coefficient (Wildman–Crippen LogP) is 2.68. The van der Waals surface area contributed by atoms with Crippen LogP contribution in [-0.4, -0.2) is 61.7 Å². The smallest absolute Gasteiger partial charge is 0.322 e. The van der Waals surface area contributed by atoms with Crippen LogP contribution in [-0.2, 0) is 11.8 Å². The molecule has 0 radical (unpaired) electrons. The molecule has 8 heteroatoms. The molecule has 2 fully saturated rings. The zero-order valence-corrected chi connectivity index (χ0v) is 16.9. The first-order chi connectivity index (χ1) is 13.4. The van der Waals surface area contributed by atoms with Crippen LogP contribution in [0.3, 0.4) is 0 Å². The van der Waals surface area contributed by atoms with E-state index in [1.807, 2.05) is 29.8 Å². The highest BCUT2D eigenvalue weighted by molar-refractivity contribution is 5.92. The summed E-state index contributed by atoms with van der Waals surface area (Å²) in [6.45, 7) is 5.32. The van der Waals surface area contributed by atoms with Gasteiger partial charge in [0.25, 0.3) is 0 Å². The number of hydrogen-bond donors (Lipinski definition) is 1. The average Bonchev–Trinajstić information content (AvgIpc) is 2.95. The van der Waals surface area contributed by atoms with Gasteiger partial charge in [0, 0.05) is 39.0 Å². The Morgan fingerprint density at radius 1 is 1.18 bits per heavy atom. The van der Waals surface area contributed by atoms with Crippen LogP contribution in [0, 0.1) is 6.92 Å². The van der Waals surface area contributed by atoms with E-state index < -0.39 is 0 Å². The molecule has 0 aromatic carbocycles. The van der Waals surface area contributed by atoms with E-state index in [4.69, 9.17) is 0 Å². The lowest BCUT2D eigenvalue weighted by Gasteiger charge is -2.52. The average molecular weight is 384 g/mol. The van der Waals surface area contributed by atoms with Gasteiger partial charge in [-0.3, -0.25) is 9.48 Å². The number of hydrogen-bond acceptors (Lipinski definition) is 4. The van der Waals surface area contributed by atoms with E-state index in [9.17, 15) is 9.59 Å². The molecular weight excluding hydrogens is 356 g/mol. The molecule has 1 aliphatic carbocycles. The van der Waals surface area contributed by atoms with E-state index >= 15 is 0 Å². The Labute approximate surface area is 164 Å². The zero-order valence-electron chi connectivity index (χ0n) is 16.9. The molecule has 0 bridgehead atoms. The summed E-state index contributed by atoms with van der Waals surface area (Å²) in [5.74, 6) is 0.115. The van der Waals surface area contributed by atoms with Crippen LogP contribution in [0.2, 0.25) is 0 Å². The summed E-state index contributed by atoms with van der Waals surface area (Å²) in [7, 11) is 1.86. The van der Waals surface area contributed by atoms with Gasteiger partial charge in [0.05, 0.1) is 23.1 Å². The molecule has 2 aromatic heterocycles. The fourth-order valence-corrected chi connectivity index (χ4v) is 4.86. The third-order valence-electron chi connectivity index (χ3n) is 6.22. The Hall–Kier alpha value is -2.64. The normalized spacial score (nSPS) is 19.2. The second-order valence-electron chi connectivity index (χ2n) is 8.11. The van der Waals surface area contributed by atoms with Crippen LogP contribution < -0.4 is 5.32 Å². The Kier molecular flexibility index (Phi) is 4.72. The first kappa shape index (κ1) is 18.7. The maximum absolute atomic E-state index is 13.0. The molecule has 2 aliphatic rings. The minimum absolute atomic E-state index is 0.115. The lowest BCUT2D eigenvalue weighted by molar-refractivity contribution is -0.141. The fourth-order valence-electron chi connectivity index (χ4n) is 4.86. The van der Waals surface area contributed by atoms with Gasteiger partial charge in [-0.25, -0.2) is 9.78 Å². The summed E-state index contributed by atoms with van der Waals surface area (Å²) in [6, 6.07) is 1.79. The van der Waals surface area contributed by atoms with Crippen molar-refractivity contribution in [1.29, 1.82) is 0 Å². The molecule has 150 valence electrons. The van der Waals surface area contributed by atoms with E-state index in [0.29, 0.717) is 25.3 Å². The van der Waals surface area contributed by atoms with Gasteiger partial charge in [0.2, 0.25) is 5.91 Å². The van der Waals surface area contributed by atoms with Crippen LogP contribution in [0.5, 0.6) is 0 Å². The second-order valence-corrected chi connectivity index (χ2v) is 8.11. The van der Waals surface area contributed by atoms with Crippen molar-refractivity contribution in [1.82, 2.24) is 24.6 Å². The first-order valence-corrected chi connectivity index (χ1v) is 10.0. The van der Waals surface area contributed by atoms with Crippen LogP contribution in [0.4, 0.5) is 10.5 Å². The van der Waals surface area contributed by atoms with Gasteiger partial charge in [0.1, 0.15) is 0 Å². The molecule has 3 heterocycles. The number of nitrogens with zero attached hydrogens (tertiary/aromatic N) is 5. The molecule has 4 rings (SSSR count). The molecule has 0 unspecified atom stereocenters. The Morgan fingerprint density at radius 2 is 1.93 bits per heavy atom. The molecule has 28 heavy (non-hydrogen) atoms. The number of anilines is 1. The van der Waals surface area contributed by atoms with E-state index in [0.717, 1.165) is 42.4 Å². The molecule has 1 saturated carbocycles. The maximum atomic E-state index is 13.0. The van der Waals surface area contributed by atoms with Gasteiger partial charge in [0.15, 0.2) is 5.65 Å². The van der Waals surface area contributed by atoms with Crippen LogP contribution in [0.15, 0.2) is 12.3 Å². The van der Waals surface area contributed by atoms with Crippen molar-refractivity contribution in [3.05, 3.63) is 18.0 Å². The van der Waals surface area contributed by atoms with Gasteiger partial charge in [-0.1, -0.05) is 19.3 Å². The van der Waals surface area contributed by atoms with Crippen molar-refractivity contribution < 1.29 is 9.59 Å². The number of piperazine rings is 1. The summed E-state index contributed by atoms with van der Waals surface area (Å²) < 4.78 is 1.74. The minimum atomic E-state index is -0.207. The summed E-state index contributed by atoms with van der Waals surface area (Å²) in [4.78, 5) is 33.4. The van der Waals surface area contributed by atoms with Crippen LogP contribution >= 0.6 is 0 Å². The number of aromatic nitrogens is 3. The quantitative estimate of drug-likeness (QED) is 0.819. The number of carbonyl (C=O) groups is 2. The van der Waals surface area contributed by atoms with E-state index in [1.54, 1.807) is 17.8 Å². The van der Waals surface area contributed by atoms with Crippen molar-refractivity contribution in [3.8, 4) is 0 Å². The summed E-state index contributed by atoms with van der Waals surface area (Å²) in [5, 5.41) is 8.30. The number of rotatable bonds is 1. The van der Waals surface area contributed by atoms with E-state index in [1.165, 1.54) is 6.42 Å². The Balaban J connectivity index is 1.52. The SMILES string of the molecule is CC(=O)N1CCN(C(=O)Nc2cnc3c(c2)c(C)nn3C)CC12CCCCC2. The highest BCUT2D eigenvalue weighted by Crippen LogP contribution is 2.37. The summed E-state index contributed by atoms with van der Waals surface area (Å²) >= 11 is 0. The van der Waals surface area contributed by atoms with Crippen molar-refractivity contribution in [3.63, 3.8) is 0 Å². The van der Waals surface area contributed by atoms with Gasteiger partial charge < -0.3 is 15.1 Å². The van der Waals surface area contributed by atoms with Crippen LogP contribution in [0.25, 0.3) is 11.0 Å². The molecular formula is C20H28N6O2. The molecule has 1 aliphatic heterocycles. The monoisotopic (exact) mass is 384 g/mol. The minimum Gasteiger partial charge on any atom is -0.334 e. The van der Waals surface area contributed by atoms with E-state index in [-0.39, 0.29) is 17.5 Å². The molecule has 3 amide bonds. The number of fused-ring (bicyclic) bond motifs is 1. The molecule has 2 aromatic rings. The number of pyridine rings is 1. The number of nitrogens with one attached hydrogen (secondary N) is 1. The Bertz CT molecular complexity index is 915. The topological polar surface area (TPSA) is 83.4 Å². The highest BCUT2D eigenvalue weighted by Gasteiger charge is 2.44. The van der Waals surface area contributed by atoms with Gasteiger partial charge >= 0.3 is 6.03 Å². The van der Waals surface area contributed by atoms with Gasteiger partial charge in [-0.2, -0.15) is 5.10 Å². The largest absolute Gasteiger partial charge is 0.334 e. The number of carbonyl (C=O) groups excluding carboxylic acids is 2. The van der Waals surface area contributed by atoms with Crippen LogP contribution in [0.1, 0.15) is 44.7 Å². The van der Waals surface area contributed by atoms with Crippen molar-refractivity contribution in [2.75, 3.05) is 25.0 Å². The molecule has 1 spiro atoms. The molecule has 1 N–H and O–H groups in total. The summed E-state index contributed by atoms with van der Waals surface area (Å²) in [5.41, 5.74) is 2.14. The first-order valence-electron chi connectivity index (χ1n) is 10.0. The van der Waals surface area contributed by atoms with Crippen molar-refractivity contribution in [2.45, 2.75) is 51.5 Å². The lowest BCUT2D eigenvalue weighted by Crippen LogP contribution is -2.65. The third kappa shape index (κ3) is 3.21. The number of aryl methyl sites for hydroxylation is 2. The third-order valence-corrected chi connectivity index (χ3v) is 6.22. The highest BCUT2D eigenvalue weighted by atomic mass is 16.2. The molecule has 0 atom stereocenters. The van der Waals surface area contributed by atoms with Gasteiger partial charge in [-0.05, 0) is 25.8 Å². The standard InChI is InChI=1S/C20H28N6O2/c1-14-17-11-16(12-21-18(17)24(3)23-14)22-19(28)25-9-10-26(15(2)27)20(13-25)7-5-4-6-8-20/h11-12H,4-10,13H2,1-3H3,(H,22,28). The lowest BCUT2D eigenvalue weighted by atomic mass is 9.78. The zero-order chi connectivity index (χ0) is 19.9. The van der Waals surface area contributed by atoms with Crippen molar-refractivity contribution >= 4 is 28.7 Å². The van der Waals surface area contributed by atoms with Gasteiger partial charge in [-0.15, -0.1) is 0 Å². The Morgan fingerprint density at radius 3 is 2.64 bits per heavy atom. The van der Waals surface area contributed by atoms with E-state index in [2.05, 4.69) is 15.4 Å². The maximum Gasteiger partial charge on any atom is 0.322 e. The van der Waals surface area contributed by atoms with Crippen molar-refractivity contribution in [2.24, 2.45) is 7.05 Å². The number of amides is 3. The molecule has 1 saturated heterocycles. The predicted molar refractivity (Wildman–Crippen MR) is 107 cm³/mol. The molecule has 8 nitrogen and oxygen atoms in total. The number of urea groups is 1. The fraction of sp³-hybridized carbons (Fsp3) is 0.600. The summed E-state index contributed by atoms with van der Waals surface area (Å²) in [6.07, 6.45) is 7.04. The second kappa shape index (κ2) is 7.07.